The van der Waals surface area contributed by atoms with Crippen molar-refractivity contribution in [1.82, 2.24) is 9.97 Å². The number of aromatic amines is 1. The number of benzene rings is 2. The smallest absolute Gasteiger partial charge is 0.335 e. The lowest BCUT2D eigenvalue weighted by molar-refractivity contribution is 0.0696. The van der Waals surface area contributed by atoms with E-state index in [0.717, 1.165) is 5.39 Å². The summed E-state index contributed by atoms with van der Waals surface area (Å²) in [5.41, 5.74) is 1.65. The van der Waals surface area contributed by atoms with Crippen molar-refractivity contribution in [3.63, 3.8) is 0 Å². The number of nitrogens with one attached hydrogen (secondary N) is 1. The van der Waals surface area contributed by atoms with Gasteiger partial charge >= 0.3 is 5.97 Å². The highest BCUT2D eigenvalue weighted by Crippen LogP contribution is 2.24. The Morgan fingerprint density at radius 1 is 1.12 bits per heavy atom. The summed E-state index contributed by atoms with van der Waals surface area (Å²) >= 11 is 0. The molecule has 24 heavy (non-hydrogen) atoms. The largest absolute Gasteiger partial charge is 0.478 e. The number of carboxylic acid groups (broad SMARTS) is 1. The van der Waals surface area contributed by atoms with Gasteiger partial charge in [0.2, 0.25) is 5.58 Å². The van der Waals surface area contributed by atoms with E-state index in [-0.39, 0.29) is 23.1 Å². The lowest BCUT2D eigenvalue weighted by Crippen LogP contribution is -2.12. The molecule has 2 heterocycles. The Morgan fingerprint density at radius 3 is 2.71 bits per heavy atom. The number of nitrogens with zero attached hydrogens (tertiary/aromatic N) is 1. The number of hydrogen-bond donors (Lipinski definition) is 2. The Morgan fingerprint density at radius 2 is 1.88 bits per heavy atom. The number of hydrogen-bond acceptors (Lipinski definition) is 4. The van der Waals surface area contributed by atoms with Gasteiger partial charge in [-0.3, -0.25) is 4.79 Å². The third-order valence-corrected chi connectivity index (χ3v) is 3.89. The van der Waals surface area contributed by atoms with E-state index in [0.29, 0.717) is 22.5 Å². The highest BCUT2D eigenvalue weighted by atomic mass is 16.4. The van der Waals surface area contributed by atoms with E-state index in [1.807, 2.05) is 18.2 Å². The van der Waals surface area contributed by atoms with Crippen molar-refractivity contribution in [1.29, 1.82) is 0 Å². The molecule has 0 saturated heterocycles. The fourth-order valence-corrected chi connectivity index (χ4v) is 2.79. The Labute approximate surface area is 135 Å². The van der Waals surface area contributed by atoms with Crippen LogP contribution in [-0.2, 0) is 6.42 Å². The van der Waals surface area contributed by atoms with Crippen molar-refractivity contribution < 1.29 is 14.3 Å². The third kappa shape index (κ3) is 2.25. The minimum absolute atomic E-state index is 0.173. The zero-order valence-electron chi connectivity index (χ0n) is 12.4. The van der Waals surface area contributed by atoms with Crippen molar-refractivity contribution in [2.24, 2.45) is 0 Å². The molecule has 2 aromatic carbocycles. The zero-order chi connectivity index (χ0) is 16.7. The molecule has 4 aromatic rings. The van der Waals surface area contributed by atoms with Crippen LogP contribution in [0.15, 0.2) is 57.7 Å². The van der Waals surface area contributed by atoms with E-state index < -0.39 is 5.97 Å². The summed E-state index contributed by atoms with van der Waals surface area (Å²) in [6.07, 6.45) is 0.215. The molecule has 118 valence electrons. The van der Waals surface area contributed by atoms with Gasteiger partial charge in [0.25, 0.3) is 5.56 Å². The first-order valence-corrected chi connectivity index (χ1v) is 7.35. The topological polar surface area (TPSA) is 96.2 Å². The van der Waals surface area contributed by atoms with E-state index in [9.17, 15) is 14.7 Å². The van der Waals surface area contributed by atoms with Gasteiger partial charge in [-0.15, -0.1) is 0 Å². The minimum atomic E-state index is -1.01. The standard InChI is InChI=1S/C18H12N2O4/c21-17-16-15(12-7-3-4-8-13(12)24-16)19-14(20-17)9-10-5-1-2-6-11(10)18(22)23/h1-8H,9H2,(H,22,23)(H,19,20,21). The van der Waals surface area contributed by atoms with Gasteiger partial charge in [0.1, 0.15) is 16.9 Å². The summed E-state index contributed by atoms with van der Waals surface area (Å²) in [7, 11) is 0. The molecule has 0 aliphatic heterocycles. The van der Waals surface area contributed by atoms with Crippen LogP contribution in [0.1, 0.15) is 21.7 Å². The third-order valence-electron chi connectivity index (χ3n) is 3.89. The molecule has 0 aliphatic carbocycles. The molecule has 2 N–H and O–H groups in total. The lowest BCUT2D eigenvalue weighted by atomic mass is 10.0. The predicted molar refractivity (Wildman–Crippen MR) is 88.3 cm³/mol. The molecule has 6 nitrogen and oxygen atoms in total. The second kappa shape index (κ2) is 5.34. The van der Waals surface area contributed by atoms with Gasteiger partial charge in [-0.1, -0.05) is 30.3 Å². The van der Waals surface area contributed by atoms with Crippen LogP contribution in [0.4, 0.5) is 0 Å². The van der Waals surface area contributed by atoms with E-state index in [1.54, 1.807) is 24.3 Å². The van der Waals surface area contributed by atoms with Crippen molar-refractivity contribution >= 4 is 28.0 Å². The van der Waals surface area contributed by atoms with Gasteiger partial charge in [0.05, 0.1) is 5.56 Å². The van der Waals surface area contributed by atoms with Crippen molar-refractivity contribution in [2.75, 3.05) is 0 Å². The van der Waals surface area contributed by atoms with Crippen LogP contribution in [0.5, 0.6) is 0 Å². The quantitative estimate of drug-likeness (QED) is 0.605. The molecule has 0 radical (unpaired) electrons. The zero-order valence-corrected chi connectivity index (χ0v) is 12.4. The number of furan rings is 1. The first kappa shape index (κ1) is 14.2. The number of carbonyl (C=O) groups is 1. The monoisotopic (exact) mass is 320 g/mol. The molecular weight excluding hydrogens is 308 g/mol. The summed E-state index contributed by atoms with van der Waals surface area (Å²) in [5, 5.41) is 10.0. The average molecular weight is 320 g/mol. The van der Waals surface area contributed by atoms with Gasteiger partial charge in [0, 0.05) is 11.8 Å². The number of rotatable bonds is 3. The average Bonchev–Trinajstić information content (AvgIpc) is 2.95. The molecular formula is C18H12N2O4. The Hall–Kier alpha value is -3.41. The van der Waals surface area contributed by atoms with E-state index in [2.05, 4.69) is 9.97 Å². The van der Waals surface area contributed by atoms with Crippen molar-refractivity contribution in [2.45, 2.75) is 6.42 Å². The second-order valence-corrected chi connectivity index (χ2v) is 5.43. The van der Waals surface area contributed by atoms with E-state index >= 15 is 0 Å². The van der Waals surface area contributed by atoms with Crippen LogP contribution in [0, 0.1) is 0 Å². The summed E-state index contributed by atoms with van der Waals surface area (Å²) < 4.78 is 5.55. The maximum atomic E-state index is 12.3. The van der Waals surface area contributed by atoms with Gasteiger partial charge in [-0.2, -0.15) is 0 Å². The molecule has 0 saturated carbocycles. The molecule has 0 bridgehead atoms. The molecule has 6 heteroatoms. The number of fused-ring (bicyclic) bond motifs is 3. The molecule has 0 aliphatic rings. The molecule has 4 rings (SSSR count). The van der Waals surface area contributed by atoms with Crippen LogP contribution in [0.2, 0.25) is 0 Å². The van der Waals surface area contributed by atoms with Crippen LogP contribution < -0.4 is 5.56 Å². The number of aromatic carboxylic acids is 1. The molecule has 0 amide bonds. The highest BCUT2D eigenvalue weighted by Gasteiger charge is 2.15. The first-order chi connectivity index (χ1) is 11.6. The maximum Gasteiger partial charge on any atom is 0.335 e. The van der Waals surface area contributed by atoms with Crippen LogP contribution in [-0.4, -0.2) is 21.0 Å². The van der Waals surface area contributed by atoms with Crippen LogP contribution >= 0.6 is 0 Å². The summed E-state index contributed by atoms with van der Waals surface area (Å²) in [6.45, 7) is 0. The van der Waals surface area contributed by atoms with E-state index in [1.165, 1.54) is 6.07 Å². The Kier molecular flexibility index (Phi) is 3.16. The van der Waals surface area contributed by atoms with Crippen LogP contribution in [0.3, 0.4) is 0 Å². The molecule has 0 unspecified atom stereocenters. The van der Waals surface area contributed by atoms with Gasteiger partial charge < -0.3 is 14.5 Å². The lowest BCUT2D eigenvalue weighted by Gasteiger charge is -2.05. The number of aromatic nitrogens is 2. The predicted octanol–water partition coefficient (Wildman–Crippen LogP) is 2.96. The summed E-state index contributed by atoms with van der Waals surface area (Å²) in [6, 6.07) is 13.9. The van der Waals surface area contributed by atoms with E-state index in [4.69, 9.17) is 4.42 Å². The first-order valence-electron chi connectivity index (χ1n) is 7.35. The molecule has 0 spiro atoms. The summed E-state index contributed by atoms with van der Waals surface area (Å²) in [5.74, 6) is -0.615. The van der Waals surface area contributed by atoms with Crippen molar-refractivity contribution in [3.8, 4) is 0 Å². The number of H-pyrrole nitrogens is 1. The number of para-hydroxylation sites is 1. The fraction of sp³-hybridized carbons (Fsp3) is 0.0556. The molecule has 0 atom stereocenters. The molecule has 0 fully saturated rings. The minimum Gasteiger partial charge on any atom is -0.478 e. The summed E-state index contributed by atoms with van der Waals surface area (Å²) in [4.78, 5) is 30.7. The highest BCUT2D eigenvalue weighted by molar-refractivity contribution is 6.01. The SMILES string of the molecule is O=C(O)c1ccccc1Cc1nc2c(oc3ccccc32)c(=O)[nH]1. The second-order valence-electron chi connectivity index (χ2n) is 5.43. The van der Waals surface area contributed by atoms with Gasteiger partial charge in [-0.25, -0.2) is 9.78 Å². The normalized spacial score (nSPS) is 11.2. The maximum absolute atomic E-state index is 12.3. The fourth-order valence-electron chi connectivity index (χ4n) is 2.79. The van der Waals surface area contributed by atoms with Crippen molar-refractivity contribution in [3.05, 3.63) is 75.8 Å². The Balaban J connectivity index is 1.88. The van der Waals surface area contributed by atoms with Gasteiger partial charge in [-0.05, 0) is 23.8 Å². The van der Waals surface area contributed by atoms with Gasteiger partial charge in [0.15, 0.2) is 0 Å². The van der Waals surface area contributed by atoms with Crippen LogP contribution in [0.25, 0.3) is 22.1 Å². The molecule has 2 aromatic heterocycles. The number of carboxylic acids is 1. The Bertz CT molecular complexity index is 1140.